The van der Waals surface area contributed by atoms with Crippen LogP contribution in [0.2, 0.25) is 0 Å². The number of hydrogen-bond acceptors (Lipinski definition) is 0. The van der Waals surface area contributed by atoms with Gasteiger partial charge in [0, 0.05) is 5.56 Å². The second-order valence-corrected chi connectivity index (χ2v) is 9.24. The molecule has 0 amide bonds. The van der Waals surface area contributed by atoms with E-state index >= 15 is 0 Å². The lowest BCUT2D eigenvalue weighted by molar-refractivity contribution is 0.376. The first-order valence-electron chi connectivity index (χ1n) is 12.6. The van der Waals surface area contributed by atoms with Crippen LogP contribution in [-0.4, -0.2) is 0 Å². The van der Waals surface area contributed by atoms with E-state index in [9.17, 15) is 0 Å². The van der Waals surface area contributed by atoms with E-state index in [4.69, 9.17) is 0 Å². The first-order chi connectivity index (χ1) is 15.3. The van der Waals surface area contributed by atoms with Crippen LogP contribution in [-0.2, 0) is 12.8 Å². The maximum Gasteiger partial charge on any atom is 0.0249 e. The Balaban J connectivity index is 1.42. The van der Waals surface area contributed by atoms with Gasteiger partial charge < -0.3 is 0 Å². The average Bonchev–Trinajstić information content (AvgIpc) is 2.82. The summed E-state index contributed by atoms with van der Waals surface area (Å²) in [5.74, 6) is 7.98. The number of unbranched alkanes of at least 4 members (excludes halogenated alkanes) is 3. The quantitative estimate of drug-likeness (QED) is 0.285. The molecule has 0 nitrogen and oxygen atoms in total. The Morgan fingerprint density at radius 2 is 1.35 bits per heavy atom. The molecule has 0 heteroatoms. The highest BCUT2D eigenvalue weighted by Crippen LogP contribution is 2.36. The number of rotatable bonds is 9. The van der Waals surface area contributed by atoms with Crippen LogP contribution < -0.4 is 0 Å². The van der Waals surface area contributed by atoms with Crippen LogP contribution >= 0.6 is 0 Å². The molecule has 0 atom stereocenters. The molecule has 2 aromatic rings. The second kappa shape index (κ2) is 13.2. The van der Waals surface area contributed by atoms with Gasteiger partial charge in [0.15, 0.2) is 0 Å². The van der Waals surface area contributed by atoms with Crippen molar-refractivity contribution in [1.82, 2.24) is 0 Å². The molecule has 0 radical (unpaired) electrons. The normalized spacial score (nSPS) is 18.6. The molecule has 0 spiro atoms. The monoisotopic (exact) mass is 412 g/mol. The number of hydrogen-bond donors (Lipinski definition) is 0. The van der Waals surface area contributed by atoms with Gasteiger partial charge in [0.25, 0.3) is 0 Å². The van der Waals surface area contributed by atoms with Gasteiger partial charge in [0.05, 0.1) is 0 Å². The minimum absolute atomic E-state index is 0.690. The standard InChI is InChI=1S/C31H40/c1-3-5-7-11-27-14-16-28(17-15-27)12-8-9-13-29-20-24-31(25-21-29)30-22-18-26(19-23-30)10-6-4-2/h9,13-19,22-23,29,31H,3-7,10-11,20-21,24-25H2,1-2H3. The molecule has 1 saturated carbocycles. The molecule has 1 aliphatic carbocycles. The van der Waals surface area contributed by atoms with E-state index < -0.39 is 0 Å². The van der Waals surface area contributed by atoms with E-state index in [-0.39, 0.29) is 0 Å². The number of aryl methyl sites for hydroxylation is 2. The van der Waals surface area contributed by atoms with E-state index in [1.165, 1.54) is 81.8 Å². The Bertz CT molecular complexity index is 834. The highest BCUT2D eigenvalue weighted by molar-refractivity contribution is 5.38. The Morgan fingerprint density at radius 3 is 2.00 bits per heavy atom. The van der Waals surface area contributed by atoms with Gasteiger partial charge >= 0.3 is 0 Å². The molecular weight excluding hydrogens is 372 g/mol. The van der Waals surface area contributed by atoms with Crippen LogP contribution in [0.15, 0.2) is 60.7 Å². The third-order valence-corrected chi connectivity index (χ3v) is 6.73. The van der Waals surface area contributed by atoms with Crippen molar-refractivity contribution in [3.8, 4) is 11.8 Å². The Labute approximate surface area is 191 Å². The van der Waals surface area contributed by atoms with E-state index in [0.717, 1.165) is 11.5 Å². The molecule has 1 fully saturated rings. The van der Waals surface area contributed by atoms with Gasteiger partial charge in [0.2, 0.25) is 0 Å². The van der Waals surface area contributed by atoms with Crippen molar-refractivity contribution in [2.45, 2.75) is 90.4 Å². The van der Waals surface area contributed by atoms with Gasteiger partial charge in [-0.3, -0.25) is 0 Å². The van der Waals surface area contributed by atoms with Crippen molar-refractivity contribution >= 4 is 0 Å². The van der Waals surface area contributed by atoms with Crippen molar-refractivity contribution in [3.63, 3.8) is 0 Å². The van der Waals surface area contributed by atoms with Gasteiger partial charge in [-0.15, -0.1) is 0 Å². The van der Waals surface area contributed by atoms with E-state index in [2.05, 4.69) is 86.4 Å². The van der Waals surface area contributed by atoms with Crippen molar-refractivity contribution < 1.29 is 0 Å². The van der Waals surface area contributed by atoms with Gasteiger partial charge in [0.1, 0.15) is 0 Å². The lowest BCUT2D eigenvalue weighted by atomic mass is 9.78. The molecule has 0 saturated heterocycles. The molecule has 0 heterocycles. The fourth-order valence-electron chi connectivity index (χ4n) is 4.63. The van der Waals surface area contributed by atoms with Crippen molar-refractivity contribution in [2.24, 2.45) is 5.92 Å². The third-order valence-electron chi connectivity index (χ3n) is 6.73. The summed E-state index contributed by atoms with van der Waals surface area (Å²) < 4.78 is 0. The lowest BCUT2D eigenvalue weighted by Gasteiger charge is -2.27. The zero-order valence-electron chi connectivity index (χ0n) is 19.7. The van der Waals surface area contributed by atoms with Gasteiger partial charge in [-0.25, -0.2) is 0 Å². The molecule has 0 aliphatic heterocycles. The summed E-state index contributed by atoms with van der Waals surface area (Å²) in [4.78, 5) is 0. The van der Waals surface area contributed by atoms with Crippen LogP contribution in [0.3, 0.4) is 0 Å². The van der Waals surface area contributed by atoms with Crippen molar-refractivity contribution in [2.75, 3.05) is 0 Å². The molecule has 0 unspecified atom stereocenters. The zero-order chi connectivity index (χ0) is 21.7. The van der Waals surface area contributed by atoms with Crippen molar-refractivity contribution in [1.29, 1.82) is 0 Å². The van der Waals surface area contributed by atoms with E-state index in [0.29, 0.717) is 5.92 Å². The maximum absolute atomic E-state index is 3.30. The smallest absolute Gasteiger partial charge is 0.0249 e. The molecule has 1 aliphatic rings. The lowest BCUT2D eigenvalue weighted by Crippen LogP contribution is -2.11. The summed E-state index contributed by atoms with van der Waals surface area (Å²) in [6, 6.07) is 18.3. The minimum Gasteiger partial charge on any atom is -0.0730 e. The highest BCUT2D eigenvalue weighted by atomic mass is 14.3. The van der Waals surface area contributed by atoms with Crippen LogP contribution in [0.5, 0.6) is 0 Å². The van der Waals surface area contributed by atoms with Crippen LogP contribution in [0.4, 0.5) is 0 Å². The zero-order valence-corrected chi connectivity index (χ0v) is 19.7. The summed E-state index contributed by atoms with van der Waals surface area (Å²) >= 11 is 0. The third kappa shape index (κ3) is 8.06. The predicted molar refractivity (Wildman–Crippen MR) is 135 cm³/mol. The largest absolute Gasteiger partial charge is 0.0730 e. The Hall–Kier alpha value is -2.26. The Kier molecular flexibility index (Phi) is 9.98. The summed E-state index contributed by atoms with van der Waals surface area (Å²) in [5.41, 5.74) is 5.59. The van der Waals surface area contributed by atoms with Crippen LogP contribution in [0.25, 0.3) is 0 Å². The fraction of sp³-hybridized carbons (Fsp3) is 0.484. The first kappa shape index (κ1) is 23.4. The molecular formula is C31H40. The average molecular weight is 413 g/mol. The first-order valence-corrected chi connectivity index (χ1v) is 12.6. The number of benzene rings is 2. The molecule has 0 N–H and O–H groups in total. The summed E-state index contributed by atoms with van der Waals surface area (Å²) in [6.07, 6.45) is 18.5. The second-order valence-electron chi connectivity index (χ2n) is 9.24. The predicted octanol–water partition coefficient (Wildman–Crippen LogP) is 8.64. The molecule has 3 rings (SSSR count). The van der Waals surface area contributed by atoms with E-state index in [1.807, 2.05) is 0 Å². The molecule has 2 aromatic carbocycles. The van der Waals surface area contributed by atoms with Gasteiger partial charge in [-0.2, -0.15) is 0 Å². The number of allylic oxidation sites excluding steroid dienone is 2. The molecule has 164 valence electrons. The topological polar surface area (TPSA) is 0 Å². The maximum atomic E-state index is 3.30. The Morgan fingerprint density at radius 1 is 0.742 bits per heavy atom. The SMILES string of the molecule is CCCCCc1ccc(C#CC=CC2CCC(c3ccc(CCCC)cc3)CC2)cc1. The van der Waals surface area contributed by atoms with E-state index in [1.54, 1.807) is 5.56 Å². The molecule has 31 heavy (non-hydrogen) atoms. The minimum atomic E-state index is 0.690. The van der Waals surface area contributed by atoms with Gasteiger partial charge in [-0.05, 0) is 98.1 Å². The molecule has 0 aromatic heterocycles. The summed E-state index contributed by atoms with van der Waals surface area (Å²) in [7, 11) is 0. The molecule has 0 bridgehead atoms. The fourth-order valence-corrected chi connectivity index (χ4v) is 4.63. The summed E-state index contributed by atoms with van der Waals surface area (Å²) in [6.45, 7) is 4.52. The van der Waals surface area contributed by atoms with Crippen LogP contribution in [0.1, 0.15) is 99.8 Å². The summed E-state index contributed by atoms with van der Waals surface area (Å²) in [5, 5.41) is 0. The highest BCUT2D eigenvalue weighted by Gasteiger charge is 2.20. The van der Waals surface area contributed by atoms with Crippen molar-refractivity contribution in [3.05, 3.63) is 82.9 Å². The van der Waals surface area contributed by atoms with Gasteiger partial charge in [-0.1, -0.05) is 87.4 Å². The van der Waals surface area contributed by atoms with Crippen LogP contribution in [0, 0.1) is 17.8 Å².